The molecule has 0 aromatic carbocycles. The van der Waals surface area contributed by atoms with E-state index in [9.17, 15) is 9.90 Å². The van der Waals surface area contributed by atoms with Gasteiger partial charge in [0.05, 0.1) is 13.2 Å². The van der Waals surface area contributed by atoms with E-state index in [1.165, 1.54) is 45.6 Å². The van der Waals surface area contributed by atoms with Gasteiger partial charge in [0.2, 0.25) is 0 Å². The summed E-state index contributed by atoms with van der Waals surface area (Å²) in [6.07, 6.45) is 16.9. The number of ether oxygens (including phenoxy) is 1. The number of allylic oxidation sites excluding steroid dienone is 3. The molecule has 3 unspecified atom stereocenters. The first-order valence-corrected chi connectivity index (χ1v) is 12.4. The van der Waals surface area contributed by atoms with Crippen molar-refractivity contribution in [3.05, 3.63) is 23.3 Å². The fraction of sp³-hybridized carbons (Fsp3) is 0.815. The molecule has 3 saturated carbocycles. The van der Waals surface area contributed by atoms with Crippen LogP contribution < -0.4 is 0 Å². The van der Waals surface area contributed by atoms with Crippen LogP contribution in [0.25, 0.3) is 0 Å². The first-order chi connectivity index (χ1) is 14.3. The molecular formula is C27H42O3. The van der Waals surface area contributed by atoms with Gasteiger partial charge in [-0.15, -0.1) is 0 Å². The number of hydrogen-bond acceptors (Lipinski definition) is 3. The predicted molar refractivity (Wildman–Crippen MR) is 121 cm³/mol. The maximum Gasteiger partial charge on any atom is 0.305 e. The molecule has 0 amide bonds. The van der Waals surface area contributed by atoms with Crippen LogP contribution in [0.1, 0.15) is 91.4 Å². The van der Waals surface area contributed by atoms with E-state index in [0.29, 0.717) is 23.2 Å². The van der Waals surface area contributed by atoms with Gasteiger partial charge in [-0.25, -0.2) is 0 Å². The second-order valence-corrected chi connectivity index (χ2v) is 11.2. The standard InChI is InChI=1S/C27H42O3/c1-18(7-5-6-8-25(29)30-4)22-11-12-23-21-10-9-19-17-20(28)13-15-26(19,2)24(21)14-16-27(22,23)3/h7,9,20-24,28H,5-6,8,10-17H2,1-4H3/b18-7+/t20-,21?,22+,23?,24?,26-,27+/m0/s1. The molecule has 30 heavy (non-hydrogen) atoms. The lowest BCUT2D eigenvalue weighted by molar-refractivity contribution is -0.140. The van der Waals surface area contributed by atoms with Crippen molar-refractivity contribution in [2.75, 3.05) is 7.11 Å². The Balaban J connectivity index is 1.47. The number of rotatable bonds is 5. The molecule has 3 heteroatoms. The normalized spacial score (nSPS) is 43.3. The second kappa shape index (κ2) is 8.45. The number of methoxy groups -OCH3 is 1. The maximum absolute atomic E-state index is 11.4. The molecule has 0 aliphatic heterocycles. The third kappa shape index (κ3) is 3.70. The molecule has 3 fully saturated rings. The zero-order valence-electron chi connectivity index (χ0n) is 19.6. The Morgan fingerprint density at radius 2 is 2.00 bits per heavy atom. The van der Waals surface area contributed by atoms with Crippen LogP contribution in [0.4, 0.5) is 0 Å². The molecule has 0 bridgehead atoms. The van der Waals surface area contributed by atoms with Gasteiger partial charge < -0.3 is 9.84 Å². The summed E-state index contributed by atoms with van der Waals surface area (Å²) in [5.74, 6) is 3.07. The van der Waals surface area contributed by atoms with Crippen molar-refractivity contribution in [2.24, 2.45) is 34.5 Å². The monoisotopic (exact) mass is 414 g/mol. The molecular weight excluding hydrogens is 372 g/mol. The third-order valence-electron chi connectivity index (χ3n) is 9.91. The minimum Gasteiger partial charge on any atom is -0.469 e. The van der Waals surface area contributed by atoms with Crippen molar-refractivity contribution in [3.8, 4) is 0 Å². The van der Waals surface area contributed by atoms with Gasteiger partial charge in [-0.1, -0.05) is 37.1 Å². The summed E-state index contributed by atoms with van der Waals surface area (Å²) in [6.45, 7) is 7.44. The summed E-state index contributed by atoms with van der Waals surface area (Å²) < 4.78 is 4.77. The van der Waals surface area contributed by atoms with E-state index >= 15 is 0 Å². The second-order valence-electron chi connectivity index (χ2n) is 11.2. The minimum absolute atomic E-state index is 0.0966. The lowest BCUT2D eigenvalue weighted by Gasteiger charge is -2.58. The summed E-state index contributed by atoms with van der Waals surface area (Å²) in [5, 5.41) is 10.2. The molecule has 0 heterocycles. The molecule has 0 saturated heterocycles. The summed E-state index contributed by atoms with van der Waals surface area (Å²) >= 11 is 0. The molecule has 0 radical (unpaired) electrons. The average molecular weight is 415 g/mol. The van der Waals surface area contributed by atoms with E-state index in [0.717, 1.165) is 43.4 Å². The van der Waals surface area contributed by atoms with E-state index in [2.05, 4.69) is 32.9 Å². The van der Waals surface area contributed by atoms with Crippen molar-refractivity contribution in [3.63, 3.8) is 0 Å². The molecule has 3 nitrogen and oxygen atoms in total. The number of carbonyl (C=O) groups excluding carboxylic acids is 1. The number of fused-ring (bicyclic) bond motifs is 5. The van der Waals surface area contributed by atoms with Crippen LogP contribution in [-0.4, -0.2) is 24.3 Å². The summed E-state index contributed by atoms with van der Waals surface area (Å²) in [6, 6.07) is 0. The highest BCUT2D eigenvalue weighted by molar-refractivity contribution is 5.69. The lowest BCUT2D eigenvalue weighted by atomic mass is 9.47. The van der Waals surface area contributed by atoms with Gasteiger partial charge in [-0.3, -0.25) is 4.79 Å². The largest absolute Gasteiger partial charge is 0.469 e. The SMILES string of the molecule is COC(=O)CCC/C=C(\C)[C@H]1CCC2C3CC=C4C[C@@H](O)CC[C@]4(C)C3CC[C@@]21C. The van der Waals surface area contributed by atoms with Crippen LogP contribution in [-0.2, 0) is 9.53 Å². The van der Waals surface area contributed by atoms with Gasteiger partial charge in [0.25, 0.3) is 0 Å². The number of aliphatic hydroxyl groups excluding tert-OH is 1. The number of carbonyl (C=O) groups is 1. The molecule has 4 aliphatic rings. The quantitative estimate of drug-likeness (QED) is 0.330. The zero-order valence-corrected chi connectivity index (χ0v) is 19.6. The predicted octanol–water partition coefficient (Wildman–Crippen LogP) is 6.22. The molecule has 7 atom stereocenters. The number of unbranched alkanes of at least 4 members (excludes halogenated alkanes) is 1. The summed E-state index contributed by atoms with van der Waals surface area (Å²) in [5.41, 5.74) is 3.89. The Morgan fingerprint density at radius 3 is 2.77 bits per heavy atom. The van der Waals surface area contributed by atoms with Crippen molar-refractivity contribution in [2.45, 2.75) is 97.5 Å². The molecule has 4 rings (SSSR count). The van der Waals surface area contributed by atoms with Gasteiger partial charge in [-0.2, -0.15) is 0 Å². The Morgan fingerprint density at radius 1 is 1.20 bits per heavy atom. The van der Waals surface area contributed by atoms with Crippen LogP contribution in [0.3, 0.4) is 0 Å². The van der Waals surface area contributed by atoms with Crippen molar-refractivity contribution in [1.82, 2.24) is 0 Å². The van der Waals surface area contributed by atoms with E-state index in [4.69, 9.17) is 4.74 Å². The van der Waals surface area contributed by atoms with Gasteiger partial charge >= 0.3 is 5.97 Å². The summed E-state index contributed by atoms with van der Waals surface area (Å²) in [4.78, 5) is 11.4. The fourth-order valence-corrected chi connectivity index (χ4v) is 8.21. The smallest absolute Gasteiger partial charge is 0.305 e. The van der Waals surface area contributed by atoms with Crippen LogP contribution in [0, 0.1) is 34.5 Å². The van der Waals surface area contributed by atoms with E-state index in [1.807, 2.05) is 0 Å². The Kier molecular flexibility index (Phi) is 6.23. The average Bonchev–Trinajstić information content (AvgIpc) is 3.08. The molecule has 0 spiro atoms. The van der Waals surface area contributed by atoms with Gasteiger partial charge in [0.1, 0.15) is 0 Å². The molecule has 4 aliphatic carbocycles. The zero-order chi connectivity index (χ0) is 21.5. The van der Waals surface area contributed by atoms with E-state index in [-0.39, 0.29) is 12.1 Å². The van der Waals surface area contributed by atoms with E-state index < -0.39 is 0 Å². The minimum atomic E-state index is -0.113. The van der Waals surface area contributed by atoms with Crippen LogP contribution in [0.15, 0.2) is 23.3 Å². The summed E-state index contributed by atoms with van der Waals surface area (Å²) in [7, 11) is 1.47. The first-order valence-electron chi connectivity index (χ1n) is 12.4. The number of esters is 1. The van der Waals surface area contributed by atoms with Crippen molar-refractivity contribution in [1.29, 1.82) is 0 Å². The fourth-order valence-electron chi connectivity index (χ4n) is 8.21. The number of aliphatic hydroxyl groups is 1. The Hall–Kier alpha value is -1.09. The number of hydrogen-bond donors (Lipinski definition) is 1. The maximum atomic E-state index is 11.4. The third-order valence-corrected chi connectivity index (χ3v) is 9.91. The molecule has 1 N–H and O–H groups in total. The Labute approximate surface area is 183 Å². The van der Waals surface area contributed by atoms with Crippen LogP contribution >= 0.6 is 0 Å². The van der Waals surface area contributed by atoms with Gasteiger partial charge in [-0.05, 0) is 106 Å². The first kappa shape index (κ1) is 22.1. The van der Waals surface area contributed by atoms with Crippen molar-refractivity contribution >= 4 is 5.97 Å². The molecule has 168 valence electrons. The highest BCUT2D eigenvalue weighted by Gasteiger charge is 2.58. The van der Waals surface area contributed by atoms with Crippen molar-refractivity contribution < 1.29 is 14.6 Å². The molecule has 0 aromatic heterocycles. The molecule has 0 aromatic rings. The van der Waals surface area contributed by atoms with E-state index in [1.54, 1.807) is 11.1 Å². The Bertz CT molecular complexity index is 722. The lowest BCUT2D eigenvalue weighted by Crippen LogP contribution is -2.50. The van der Waals surface area contributed by atoms with Crippen LogP contribution in [0.5, 0.6) is 0 Å². The topological polar surface area (TPSA) is 46.5 Å². The highest BCUT2D eigenvalue weighted by Crippen LogP contribution is 2.67. The van der Waals surface area contributed by atoms with Crippen LogP contribution in [0.2, 0.25) is 0 Å². The highest BCUT2D eigenvalue weighted by atomic mass is 16.5. The van der Waals surface area contributed by atoms with Gasteiger partial charge in [0.15, 0.2) is 0 Å². The van der Waals surface area contributed by atoms with Gasteiger partial charge in [0, 0.05) is 6.42 Å².